The van der Waals surface area contributed by atoms with Gasteiger partial charge in [0.15, 0.2) is 12.0 Å². The van der Waals surface area contributed by atoms with E-state index >= 15 is 0 Å². The van der Waals surface area contributed by atoms with Gasteiger partial charge in [0.25, 0.3) is 0 Å². The molecular weight excluding hydrogens is 258 g/mol. The van der Waals surface area contributed by atoms with E-state index in [0.717, 1.165) is 6.07 Å². The van der Waals surface area contributed by atoms with Crippen molar-refractivity contribution in [3.63, 3.8) is 0 Å². The Morgan fingerprint density at radius 2 is 1.82 bits per heavy atom. The molecule has 0 unspecified atom stereocenters. The van der Waals surface area contributed by atoms with Gasteiger partial charge in [0.05, 0.1) is 5.52 Å². The van der Waals surface area contributed by atoms with Gasteiger partial charge in [0.2, 0.25) is 5.88 Å². The Morgan fingerprint density at radius 3 is 2.53 bits per heavy atom. The van der Waals surface area contributed by atoms with Gasteiger partial charge in [0.1, 0.15) is 5.82 Å². The summed E-state index contributed by atoms with van der Waals surface area (Å²) in [6, 6.07) is 6.65. The average molecular weight is 263 g/mol. The molecule has 0 bridgehead atoms. The molecule has 90 valence electrons. The van der Waals surface area contributed by atoms with Gasteiger partial charge in [-0.3, -0.25) is 0 Å². The summed E-state index contributed by atoms with van der Waals surface area (Å²) in [7, 11) is 0. The van der Waals surface area contributed by atoms with E-state index in [4.69, 9.17) is 0 Å². The fourth-order valence-electron chi connectivity index (χ4n) is 1.21. The van der Waals surface area contributed by atoms with Crippen LogP contribution in [-0.2, 0) is 0 Å². The molecule has 0 N–H and O–H groups in total. The second-order valence-corrected chi connectivity index (χ2v) is 3.90. The molecule has 1 aromatic carbocycles. The normalized spacial score (nSPS) is 11.8. The molecule has 0 saturated carbocycles. The Kier molecular flexibility index (Phi) is 3.10. The molecule has 0 aliphatic heterocycles. The van der Waals surface area contributed by atoms with E-state index in [2.05, 4.69) is 9.17 Å². The van der Waals surface area contributed by atoms with Crippen molar-refractivity contribution in [2.75, 3.05) is 0 Å². The zero-order chi connectivity index (χ0) is 12.5. The van der Waals surface area contributed by atoms with Crippen LogP contribution in [0, 0.1) is 5.82 Å². The highest BCUT2D eigenvalue weighted by atomic mass is 32.2. The van der Waals surface area contributed by atoms with Crippen molar-refractivity contribution in [3.8, 4) is 5.88 Å². The van der Waals surface area contributed by atoms with Crippen molar-refractivity contribution in [2.45, 2.75) is 5.51 Å². The molecule has 0 radical (unpaired) electrons. The molecule has 0 saturated heterocycles. The third-order valence-corrected chi connectivity index (χ3v) is 2.29. The molecule has 2 nitrogen and oxygen atoms in total. The standard InChI is InChI=1S/C10H5F4NOS/c11-7-3-1-6-2-4-9(15-8(6)5-7)16-17-10(12,13)14/h1-5H. The van der Waals surface area contributed by atoms with Crippen LogP contribution in [0.4, 0.5) is 17.6 Å². The van der Waals surface area contributed by atoms with E-state index in [9.17, 15) is 17.6 Å². The summed E-state index contributed by atoms with van der Waals surface area (Å²) in [5.41, 5.74) is -4.26. The quantitative estimate of drug-likeness (QED) is 0.605. The van der Waals surface area contributed by atoms with Gasteiger partial charge < -0.3 is 4.18 Å². The predicted molar refractivity (Wildman–Crippen MR) is 56.0 cm³/mol. The van der Waals surface area contributed by atoms with Gasteiger partial charge in [-0.1, -0.05) is 0 Å². The third-order valence-electron chi connectivity index (χ3n) is 1.85. The van der Waals surface area contributed by atoms with Gasteiger partial charge in [-0.05, 0) is 18.2 Å². The lowest BCUT2D eigenvalue weighted by Crippen LogP contribution is -2.03. The summed E-state index contributed by atoms with van der Waals surface area (Å²) >= 11 is -0.657. The number of rotatable bonds is 2. The first-order valence-corrected chi connectivity index (χ1v) is 5.17. The number of pyridine rings is 1. The van der Waals surface area contributed by atoms with Crippen LogP contribution in [0.1, 0.15) is 0 Å². The van der Waals surface area contributed by atoms with E-state index < -0.39 is 23.4 Å². The minimum atomic E-state index is -4.50. The molecule has 7 heteroatoms. The number of hydrogen-bond acceptors (Lipinski definition) is 3. The largest absolute Gasteiger partial charge is 0.479 e. The molecule has 2 rings (SSSR count). The van der Waals surface area contributed by atoms with Crippen LogP contribution in [-0.4, -0.2) is 10.5 Å². The van der Waals surface area contributed by atoms with Crippen LogP contribution in [0.15, 0.2) is 30.3 Å². The Bertz CT molecular complexity index is 543. The van der Waals surface area contributed by atoms with Gasteiger partial charge in [-0.15, -0.1) is 0 Å². The van der Waals surface area contributed by atoms with Crippen molar-refractivity contribution < 1.29 is 21.7 Å². The van der Waals surface area contributed by atoms with E-state index in [1.807, 2.05) is 0 Å². The maximum absolute atomic E-state index is 12.9. The molecule has 0 spiro atoms. The molecule has 0 aliphatic carbocycles. The number of aromatic nitrogens is 1. The smallest absolute Gasteiger partial charge is 0.397 e. The maximum atomic E-state index is 12.9. The number of fused-ring (bicyclic) bond motifs is 1. The molecule has 1 heterocycles. The number of alkyl halides is 3. The van der Waals surface area contributed by atoms with Crippen LogP contribution in [0.3, 0.4) is 0 Å². The SMILES string of the molecule is Fc1ccc2ccc(OSC(F)(F)F)nc2c1. The van der Waals surface area contributed by atoms with Gasteiger partial charge in [-0.2, -0.15) is 13.2 Å². The number of nitrogens with zero attached hydrogens (tertiary/aromatic N) is 1. The third kappa shape index (κ3) is 3.23. The molecule has 0 atom stereocenters. The summed E-state index contributed by atoms with van der Waals surface area (Å²) in [5, 5.41) is 0.621. The lowest BCUT2D eigenvalue weighted by Gasteiger charge is -2.06. The first-order chi connectivity index (χ1) is 7.94. The van der Waals surface area contributed by atoms with Crippen LogP contribution in [0.2, 0.25) is 0 Å². The fourth-order valence-corrected chi connectivity index (χ4v) is 1.48. The van der Waals surface area contributed by atoms with Crippen LogP contribution < -0.4 is 4.18 Å². The van der Waals surface area contributed by atoms with E-state index in [-0.39, 0.29) is 11.4 Å². The van der Waals surface area contributed by atoms with E-state index in [0.29, 0.717) is 5.39 Å². The van der Waals surface area contributed by atoms with Crippen molar-refractivity contribution in [2.24, 2.45) is 0 Å². The van der Waals surface area contributed by atoms with Crippen LogP contribution in [0.5, 0.6) is 5.88 Å². The lowest BCUT2D eigenvalue weighted by molar-refractivity contribution is -0.0370. The van der Waals surface area contributed by atoms with Crippen molar-refractivity contribution in [1.82, 2.24) is 4.98 Å². The average Bonchev–Trinajstić information content (AvgIpc) is 2.24. The second-order valence-electron chi connectivity index (χ2n) is 3.10. The molecular formula is C10H5F4NOS. The number of hydrogen-bond donors (Lipinski definition) is 0. The molecule has 0 fully saturated rings. The van der Waals surface area contributed by atoms with Gasteiger partial charge in [0, 0.05) is 17.5 Å². The van der Waals surface area contributed by atoms with Crippen molar-refractivity contribution >= 4 is 22.9 Å². The molecule has 1 aromatic heterocycles. The number of benzene rings is 1. The predicted octanol–water partition coefficient (Wildman–Crippen LogP) is 3.92. The summed E-state index contributed by atoms with van der Waals surface area (Å²) < 4.78 is 52.9. The summed E-state index contributed by atoms with van der Waals surface area (Å²) in [5.74, 6) is -0.726. The highest BCUT2D eigenvalue weighted by Crippen LogP contribution is 2.32. The summed E-state index contributed by atoms with van der Waals surface area (Å²) in [6.07, 6.45) is 0. The zero-order valence-corrected chi connectivity index (χ0v) is 8.98. The van der Waals surface area contributed by atoms with Crippen LogP contribution >= 0.6 is 12.0 Å². The topological polar surface area (TPSA) is 22.1 Å². The Labute approximate surface area is 97.8 Å². The Hall–Kier alpha value is -1.50. The van der Waals surface area contributed by atoms with E-state index in [1.54, 1.807) is 0 Å². The first kappa shape index (κ1) is 12.0. The minimum absolute atomic E-state index is 0.217. The van der Waals surface area contributed by atoms with Crippen molar-refractivity contribution in [1.29, 1.82) is 0 Å². The molecule has 2 aromatic rings. The van der Waals surface area contributed by atoms with Gasteiger partial charge in [-0.25, -0.2) is 9.37 Å². The second kappa shape index (κ2) is 4.40. The maximum Gasteiger partial charge on any atom is 0.479 e. The van der Waals surface area contributed by atoms with E-state index in [1.165, 1.54) is 24.3 Å². The number of halogens is 4. The minimum Gasteiger partial charge on any atom is -0.397 e. The Morgan fingerprint density at radius 1 is 1.12 bits per heavy atom. The van der Waals surface area contributed by atoms with Gasteiger partial charge >= 0.3 is 5.51 Å². The molecule has 0 amide bonds. The lowest BCUT2D eigenvalue weighted by atomic mass is 10.2. The highest BCUT2D eigenvalue weighted by Gasteiger charge is 2.31. The molecule has 0 aliphatic rings. The summed E-state index contributed by atoms with van der Waals surface area (Å²) in [4.78, 5) is 3.76. The zero-order valence-electron chi connectivity index (χ0n) is 8.16. The Balaban J connectivity index is 2.25. The summed E-state index contributed by atoms with van der Waals surface area (Å²) in [6.45, 7) is 0. The highest BCUT2D eigenvalue weighted by molar-refractivity contribution is 7.95. The van der Waals surface area contributed by atoms with Crippen LogP contribution in [0.25, 0.3) is 10.9 Å². The van der Waals surface area contributed by atoms with Crippen molar-refractivity contribution in [3.05, 3.63) is 36.1 Å². The molecule has 17 heavy (non-hydrogen) atoms. The monoisotopic (exact) mass is 263 g/mol. The fraction of sp³-hybridized carbons (Fsp3) is 0.100. The first-order valence-electron chi connectivity index (χ1n) is 4.43.